The standard InChI is InChI=1S/C18H25NO4/c1-6-21-12(2)22-15-14(13-10-8-7-9-11-13)19-17(18(3,4)5)23-16(15)20/h7-12,14-15H,6H2,1-5H3. The van der Waals surface area contributed by atoms with E-state index in [9.17, 15) is 4.79 Å². The molecular formula is C18H25NO4. The van der Waals surface area contributed by atoms with Crippen molar-refractivity contribution in [3.05, 3.63) is 35.9 Å². The Balaban J connectivity index is 2.36. The fraction of sp³-hybridized carbons (Fsp3) is 0.556. The molecule has 2 rings (SSSR count). The number of hydrogen-bond acceptors (Lipinski definition) is 5. The summed E-state index contributed by atoms with van der Waals surface area (Å²) in [4.78, 5) is 17.2. The van der Waals surface area contributed by atoms with Crippen LogP contribution in [0.1, 0.15) is 46.2 Å². The number of hydrogen-bond donors (Lipinski definition) is 0. The van der Waals surface area contributed by atoms with Gasteiger partial charge < -0.3 is 14.2 Å². The molecule has 1 aliphatic rings. The van der Waals surface area contributed by atoms with Gasteiger partial charge in [0.15, 0.2) is 18.3 Å². The van der Waals surface area contributed by atoms with Gasteiger partial charge in [0.2, 0.25) is 0 Å². The van der Waals surface area contributed by atoms with Crippen molar-refractivity contribution in [3.8, 4) is 0 Å². The Morgan fingerprint density at radius 2 is 1.91 bits per heavy atom. The van der Waals surface area contributed by atoms with Gasteiger partial charge in [-0.2, -0.15) is 0 Å². The molecule has 0 saturated heterocycles. The smallest absolute Gasteiger partial charge is 0.344 e. The van der Waals surface area contributed by atoms with E-state index in [4.69, 9.17) is 14.2 Å². The van der Waals surface area contributed by atoms with E-state index < -0.39 is 24.4 Å². The first kappa shape index (κ1) is 17.6. The van der Waals surface area contributed by atoms with Gasteiger partial charge in [0.25, 0.3) is 0 Å². The number of carbonyl (C=O) groups is 1. The van der Waals surface area contributed by atoms with Gasteiger partial charge in [0, 0.05) is 12.0 Å². The summed E-state index contributed by atoms with van der Waals surface area (Å²) in [5, 5.41) is 0. The molecule has 0 radical (unpaired) electrons. The van der Waals surface area contributed by atoms with Crippen molar-refractivity contribution in [2.24, 2.45) is 10.4 Å². The summed E-state index contributed by atoms with van der Waals surface area (Å²) in [6.45, 7) is 10.0. The molecule has 0 fully saturated rings. The van der Waals surface area contributed by atoms with Crippen molar-refractivity contribution in [2.75, 3.05) is 6.61 Å². The Kier molecular flexibility index (Phi) is 5.55. The van der Waals surface area contributed by atoms with Crippen LogP contribution in [0, 0.1) is 5.41 Å². The monoisotopic (exact) mass is 319 g/mol. The van der Waals surface area contributed by atoms with Crippen molar-refractivity contribution < 1.29 is 19.0 Å². The summed E-state index contributed by atoms with van der Waals surface area (Å²) in [6, 6.07) is 9.21. The Morgan fingerprint density at radius 3 is 2.48 bits per heavy atom. The highest BCUT2D eigenvalue weighted by Crippen LogP contribution is 2.33. The lowest BCUT2D eigenvalue weighted by atomic mass is 9.93. The maximum atomic E-state index is 12.5. The quantitative estimate of drug-likeness (QED) is 0.616. The summed E-state index contributed by atoms with van der Waals surface area (Å²) in [6.07, 6.45) is -1.32. The minimum absolute atomic E-state index is 0.348. The van der Waals surface area contributed by atoms with Gasteiger partial charge in [-0.25, -0.2) is 9.79 Å². The third kappa shape index (κ3) is 4.39. The van der Waals surface area contributed by atoms with E-state index in [0.29, 0.717) is 12.5 Å². The number of esters is 1. The van der Waals surface area contributed by atoms with Gasteiger partial charge in [0.1, 0.15) is 6.04 Å². The second kappa shape index (κ2) is 7.23. The van der Waals surface area contributed by atoms with E-state index in [-0.39, 0.29) is 5.41 Å². The summed E-state index contributed by atoms with van der Waals surface area (Å²) in [5.41, 5.74) is 0.568. The predicted molar refractivity (Wildman–Crippen MR) is 88.1 cm³/mol. The second-order valence-electron chi connectivity index (χ2n) is 6.54. The number of nitrogens with zero attached hydrogens (tertiary/aromatic N) is 1. The highest BCUT2D eigenvalue weighted by molar-refractivity contribution is 5.96. The molecule has 0 amide bonds. The number of benzene rings is 1. The molecule has 1 aromatic carbocycles. The van der Waals surface area contributed by atoms with E-state index in [0.717, 1.165) is 5.56 Å². The minimum atomic E-state index is -0.815. The third-order valence-electron chi connectivity index (χ3n) is 3.49. The van der Waals surface area contributed by atoms with Gasteiger partial charge in [-0.3, -0.25) is 0 Å². The lowest BCUT2D eigenvalue weighted by Gasteiger charge is -2.33. The van der Waals surface area contributed by atoms with Crippen LogP contribution in [-0.2, 0) is 19.0 Å². The van der Waals surface area contributed by atoms with Gasteiger partial charge in [-0.15, -0.1) is 0 Å². The number of ether oxygens (including phenoxy) is 3. The Morgan fingerprint density at radius 1 is 1.26 bits per heavy atom. The van der Waals surface area contributed by atoms with E-state index in [2.05, 4.69) is 4.99 Å². The van der Waals surface area contributed by atoms with Crippen molar-refractivity contribution in [1.82, 2.24) is 0 Å². The number of cyclic esters (lactones) is 1. The number of carbonyl (C=O) groups excluding carboxylic acids is 1. The zero-order chi connectivity index (χ0) is 17.0. The van der Waals surface area contributed by atoms with Crippen LogP contribution in [0.15, 0.2) is 35.3 Å². The van der Waals surface area contributed by atoms with E-state index in [1.165, 1.54) is 0 Å². The Hall–Kier alpha value is -1.72. The zero-order valence-electron chi connectivity index (χ0n) is 14.4. The lowest BCUT2D eigenvalue weighted by Crippen LogP contribution is -2.43. The molecule has 126 valence electrons. The van der Waals surface area contributed by atoms with Crippen molar-refractivity contribution in [1.29, 1.82) is 0 Å². The van der Waals surface area contributed by atoms with Crippen molar-refractivity contribution in [2.45, 2.75) is 53.1 Å². The van der Waals surface area contributed by atoms with Crippen LogP contribution in [0.4, 0.5) is 0 Å². The molecule has 1 aliphatic heterocycles. The molecular weight excluding hydrogens is 294 g/mol. The first-order valence-corrected chi connectivity index (χ1v) is 7.95. The average Bonchev–Trinajstić information content (AvgIpc) is 2.49. The minimum Gasteiger partial charge on any atom is -0.409 e. The van der Waals surface area contributed by atoms with Gasteiger partial charge in [0.05, 0.1) is 0 Å². The van der Waals surface area contributed by atoms with Crippen LogP contribution in [0.25, 0.3) is 0 Å². The highest BCUT2D eigenvalue weighted by atomic mass is 16.7. The second-order valence-corrected chi connectivity index (χ2v) is 6.54. The normalized spacial score (nSPS) is 23.2. The summed E-state index contributed by atoms with van der Waals surface area (Å²) < 4.78 is 16.6. The van der Waals surface area contributed by atoms with Crippen LogP contribution in [0.5, 0.6) is 0 Å². The molecule has 5 nitrogen and oxygen atoms in total. The molecule has 1 heterocycles. The molecule has 3 unspecified atom stereocenters. The fourth-order valence-electron chi connectivity index (χ4n) is 2.36. The first-order valence-electron chi connectivity index (χ1n) is 7.95. The lowest BCUT2D eigenvalue weighted by molar-refractivity contribution is -0.188. The molecule has 0 spiro atoms. The Labute approximate surface area is 137 Å². The molecule has 0 bridgehead atoms. The number of rotatable bonds is 5. The zero-order valence-corrected chi connectivity index (χ0v) is 14.4. The molecule has 0 N–H and O–H groups in total. The molecule has 0 aromatic heterocycles. The molecule has 5 heteroatoms. The number of aliphatic imine (C=N–C) groups is 1. The Bertz CT molecular complexity index is 562. The first-order chi connectivity index (χ1) is 10.8. The van der Waals surface area contributed by atoms with Crippen LogP contribution >= 0.6 is 0 Å². The van der Waals surface area contributed by atoms with E-state index in [1.807, 2.05) is 58.0 Å². The SMILES string of the molecule is CCOC(C)OC1C(=O)OC(C(C)(C)C)=NC1c1ccccc1. The molecule has 0 aliphatic carbocycles. The van der Waals surface area contributed by atoms with Gasteiger partial charge in [-0.05, 0) is 19.4 Å². The predicted octanol–water partition coefficient (Wildman–Crippen LogP) is 3.50. The molecule has 1 aromatic rings. The molecule has 3 atom stereocenters. The van der Waals surface area contributed by atoms with Crippen LogP contribution < -0.4 is 0 Å². The molecule has 0 saturated carbocycles. The van der Waals surface area contributed by atoms with Crippen molar-refractivity contribution in [3.63, 3.8) is 0 Å². The maximum absolute atomic E-state index is 12.5. The van der Waals surface area contributed by atoms with Crippen LogP contribution in [-0.4, -0.2) is 30.9 Å². The average molecular weight is 319 g/mol. The highest BCUT2D eigenvalue weighted by Gasteiger charge is 2.41. The maximum Gasteiger partial charge on any atom is 0.344 e. The largest absolute Gasteiger partial charge is 0.409 e. The van der Waals surface area contributed by atoms with Gasteiger partial charge >= 0.3 is 5.97 Å². The fourth-order valence-corrected chi connectivity index (χ4v) is 2.36. The van der Waals surface area contributed by atoms with Crippen LogP contribution in [0.2, 0.25) is 0 Å². The van der Waals surface area contributed by atoms with Crippen LogP contribution in [0.3, 0.4) is 0 Å². The van der Waals surface area contributed by atoms with Gasteiger partial charge in [-0.1, -0.05) is 51.1 Å². The third-order valence-corrected chi connectivity index (χ3v) is 3.49. The summed E-state index contributed by atoms with van der Waals surface area (Å²) >= 11 is 0. The van der Waals surface area contributed by atoms with Crippen molar-refractivity contribution >= 4 is 11.9 Å². The molecule has 23 heavy (non-hydrogen) atoms. The van der Waals surface area contributed by atoms with E-state index >= 15 is 0 Å². The van der Waals surface area contributed by atoms with E-state index in [1.54, 1.807) is 6.92 Å². The summed E-state index contributed by atoms with van der Waals surface area (Å²) in [5.74, 6) is 0.00518. The summed E-state index contributed by atoms with van der Waals surface area (Å²) in [7, 11) is 0. The topological polar surface area (TPSA) is 57.1 Å².